The summed E-state index contributed by atoms with van der Waals surface area (Å²) in [5.41, 5.74) is 1.39. The number of aryl methyl sites for hydroxylation is 1. The van der Waals surface area contributed by atoms with Gasteiger partial charge in [0.25, 0.3) is 5.91 Å². The highest BCUT2D eigenvalue weighted by atomic mass is 32.2. The monoisotopic (exact) mass is 360 g/mol. The van der Waals surface area contributed by atoms with Crippen molar-refractivity contribution in [3.8, 4) is 5.69 Å². The van der Waals surface area contributed by atoms with Crippen LogP contribution in [0.5, 0.6) is 0 Å². The Kier molecular flexibility index (Phi) is 4.80. The smallest absolute Gasteiger partial charge is 0.329 e. The molecule has 0 bridgehead atoms. The quantitative estimate of drug-likeness (QED) is 0.865. The Hall–Kier alpha value is -2.35. The molecule has 1 aromatic heterocycles. The SMILES string of the molecule is Cc1cccc(-n2nnc(C(=O)NC3(C(=O)O)CCSCC3)c2C)c1. The topological polar surface area (TPSA) is 97.1 Å². The van der Waals surface area contributed by atoms with Crippen molar-refractivity contribution in [1.82, 2.24) is 20.3 Å². The van der Waals surface area contributed by atoms with Gasteiger partial charge in [0.15, 0.2) is 5.69 Å². The molecule has 1 aliphatic heterocycles. The maximum absolute atomic E-state index is 12.7. The first-order chi connectivity index (χ1) is 11.9. The molecule has 1 aliphatic rings. The van der Waals surface area contributed by atoms with Crippen molar-refractivity contribution in [3.63, 3.8) is 0 Å². The molecule has 1 saturated heterocycles. The van der Waals surface area contributed by atoms with Gasteiger partial charge in [-0.3, -0.25) is 4.79 Å². The number of carbonyl (C=O) groups is 2. The highest BCUT2D eigenvalue weighted by molar-refractivity contribution is 7.99. The number of benzene rings is 1. The average Bonchev–Trinajstić information content (AvgIpc) is 2.97. The molecule has 0 spiro atoms. The zero-order chi connectivity index (χ0) is 18.0. The molecule has 0 radical (unpaired) electrons. The molecular formula is C17H20N4O3S. The molecule has 2 aromatic rings. The van der Waals surface area contributed by atoms with Gasteiger partial charge in [0.2, 0.25) is 0 Å². The van der Waals surface area contributed by atoms with Crippen molar-refractivity contribution in [1.29, 1.82) is 0 Å². The van der Waals surface area contributed by atoms with E-state index in [1.165, 1.54) is 0 Å². The van der Waals surface area contributed by atoms with Gasteiger partial charge in [-0.05, 0) is 55.9 Å². The Balaban J connectivity index is 1.87. The van der Waals surface area contributed by atoms with Crippen molar-refractivity contribution in [2.24, 2.45) is 0 Å². The number of aliphatic carboxylic acids is 1. The lowest BCUT2D eigenvalue weighted by molar-refractivity contribution is -0.144. The normalized spacial score (nSPS) is 16.4. The summed E-state index contributed by atoms with van der Waals surface area (Å²) in [5, 5.41) is 20.3. The summed E-state index contributed by atoms with van der Waals surface area (Å²) >= 11 is 1.70. The van der Waals surface area contributed by atoms with E-state index in [1.807, 2.05) is 31.2 Å². The zero-order valence-corrected chi connectivity index (χ0v) is 15.0. The number of hydrogen-bond donors (Lipinski definition) is 2. The average molecular weight is 360 g/mol. The fourth-order valence-electron chi connectivity index (χ4n) is 2.93. The zero-order valence-electron chi connectivity index (χ0n) is 14.2. The third kappa shape index (κ3) is 3.39. The third-order valence-corrected chi connectivity index (χ3v) is 5.45. The number of nitrogens with one attached hydrogen (secondary N) is 1. The van der Waals surface area contributed by atoms with E-state index in [4.69, 9.17) is 0 Å². The first-order valence-corrected chi connectivity index (χ1v) is 9.21. The van der Waals surface area contributed by atoms with Gasteiger partial charge in [0.1, 0.15) is 5.54 Å². The van der Waals surface area contributed by atoms with E-state index >= 15 is 0 Å². The van der Waals surface area contributed by atoms with E-state index in [0.29, 0.717) is 30.0 Å². The number of aromatic nitrogens is 3. The molecule has 0 unspecified atom stereocenters. The molecule has 0 atom stereocenters. The summed E-state index contributed by atoms with van der Waals surface area (Å²) in [6.45, 7) is 3.72. The van der Waals surface area contributed by atoms with Crippen LogP contribution in [0.1, 0.15) is 34.6 Å². The van der Waals surface area contributed by atoms with Gasteiger partial charge in [-0.2, -0.15) is 11.8 Å². The van der Waals surface area contributed by atoms with Crippen LogP contribution >= 0.6 is 11.8 Å². The van der Waals surface area contributed by atoms with Gasteiger partial charge in [-0.15, -0.1) is 5.10 Å². The van der Waals surface area contributed by atoms with Crippen LogP contribution in [0.4, 0.5) is 0 Å². The van der Waals surface area contributed by atoms with Crippen molar-refractivity contribution in [3.05, 3.63) is 41.2 Å². The van der Waals surface area contributed by atoms with Crippen LogP contribution in [0.2, 0.25) is 0 Å². The Morgan fingerprint density at radius 2 is 2.00 bits per heavy atom. The fraction of sp³-hybridized carbons (Fsp3) is 0.412. The van der Waals surface area contributed by atoms with Gasteiger partial charge in [0.05, 0.1) is 11.4 Å². The van der Waals surface area contributed by atoms with Gasteiger partial charge in [0, 0.05) is 0 Å². The summed E-state index contributed by atoms with van der Waals surface area (Å²) < 4.78 is 1.59. The Morgan fingerprint density at radius 3 is 2.64 bits per heavy atom. The number of thioether (sulfide) groups is 1. The predicted octanol–water partition coefficient (Wildman–Crippen LogP) is 1.96. The molecule has 2 N–H and O–H groups in total. The number of carbonyl (C=O) groups excluding carboxylic acids is 1. The maximum Gasteiger partial charge on any atom is 0.329 e. The molecule has 25 heavy (non-hydrogen) atoms. The molecule has 8 heteroatoms. The van der Waals surface area contributed by atoms with E-state index in [0.717, 1.165) is 11.3 Å². The lowest BCUT2D eigenvalue weighted by Gasteiger charge is -2.33. The Labute approximate surface area is 149 Å². The minimum Gasteiger partial charge on any atom is -0.480 e. The van der Waals surface area contributed by atoms with E-state index in [1.54, 1.807) is 23.4 Å². The summed E-state index contributed by atoms with van der Waals surface area (Å²) in [6.07, 6.45) is 0.813. The molecule has 132 valence electrons. The first-order valence-electron chi connectivity index (χ1n) is 8.06. The van der Waals surface area contributed by atoms with E-state index in [2.05, 4.69) is 15.6 Å². The van der Waals surface area contributed by atoms with Crippen molar-refractivity contribution in [2.45, 2.75) is 32.2 Å². The summed E-state index contributed by atoms with van der Waals surface area (Å²) in [4.78, 5) is 24.4. The predicted molar refractivity (Wildman–Crippen MR) is 95.2 cm³/mol. The van der Waals surface area contributed by atoms with Crippen LogP contribution in [-0.4, -0.2) is 49.0 Å². The van der Waals surface area contributed by atoms with E-state index < -0.39 is 17.4 Å². The number of hydrogen-bond acceptors (Lipinski definition) is 5. The second kappa shape index (κ2) is 6.87. The highest BCUT2D eigenvalue weighted by Gasteiger charge is 2.42. The van der Waals surface area contributed by atoms with Crippen LogP contribution in [0.3, 0.4) is 0 Å². The molecule has 1 aromatic carbocycles. The van der Waals surface area contributed by atoms with E-state index in [9.17, 15) is 14.7 Å². The summed E-state index contributed by atoms with van der Waals surface area (Å²) in [7, 11) is 0. The molecular weight excluding hydrogens is 340 g/mol. The highest BCUT2D eigenvalue weighted by Crippen LogP contribution is 2.28. The number of carboxylic acids is 1. The number of amides is 1. The van der Waals surface area contributed by atoms with Crippen LogP contribution in [0.15, 0.2) is 24.3 Å². The van der Waals surface area contributed by atoms with Crippen molar-refractivity contribution >= 4 is 23.6 Å². The van der Waals surface area contributed by atoms with Gasteiger partial charge < -0.3 is 10.4 Å². The number of nitrogens with zero attached hydrogens (tertiary/aromatic N) is 3. The number of rotatable bonds is 4. The molecule has 1 amide bonds. The molecule has 7 nitrogen and oxygen atoms in total. The first kappa shape index (κ1) is 17.5. The van der Waals surface area contributed by atoms with Gasteiger partial charge in [-0.25, -0.2) is 9.48 Å². The van der Waals surface area contributed by atoms with Crippen LogP contribution in [-0.2, 0) is 4.79 Å². The van der Waals surface area contributed by atoms with Crippen LogP contribution < -0.4 is 5.32 Å². The van der Waals surface area contributed by atoms with Crippen LogP contribution in [0.25, 0.3) is 5.69 Å². The molecule has 0 aliphatic carbocycles. The summed E-state index contributed by atoms with van der Waals surface area (Å²) in [6, 6.07) is 7.71. The van der Waals surface area contributed by atoms with Gasteiger partial charge in [-0.1, -0.05) is 17.3 Å². The second-order valence-electron chi connectivity index (χ2n) is 6.23. The maximum atomic E-state index is 12.7. The minimum absolute atomic E-state index is 0.153. The second-order valence-corrected chi connectivity index (χ2v) is 7.45. The largest absolute Gasteiger partial charge is 0.480 e. The Bertz CT molecular complexity index is 812. The fourth-order valence-corrected chi connectivity index (χ4v) is 4.12. The molecule has 0 saturated carbocycles. The molecule has 3 rings (SSSR count). The number of carboxylic acid groups (broad SMARTS) is 1. The standard InChI is InChI=1S/C17H20N4O3S/c1-11-4-3-5-13(10-11)21-12(2)14(19-20-21)15(22)18-17(16(23)24)6-8-25-9-7-17/h3-5,10H,6-9H2,1-2H3,(H,18,22)(H,23,24). The third-order valence-electron chi connectivity index (χ3n) is 4.46. The minimum atomic E-state index is -1.22. The molecule has 1 fully saturated rings. The van der Waals surface area contributed by atoms with E-state index in [-0.39, 0.29) is 5.69 Å². The van der Waals surface area contributed by atoms with Crippen molar-refractivity contribution in [2.75, 3.05) is 11.5 Å². The lowest BCUT2D eigenvalue weighted by Crippen LogP contribution is -2.56. The molecule has 2 heterocycles. The lowest BCUT2D eigenvalue weighted by atomic mass is 9.92. The Morgan fingerprint density at radius 1 is 1.28 bits per heavy atom. The van der Waals surface area contributed by atoms with Crippen molar-refractivity contribution < 1.29 is 14.7 Å². The summed E-state index contributed by atoms with van der Waals surface area (Å²) in [5.74, 6) is -0.0705. The van der Waals surface area contributed by atoms with Gasteiger partial charge >= 0.3 is 5.97 Å². The van der Waals surface area contributed by atoms with Crippen LogP contribution in [0, 0.1) is 13.8 Å².